The van der Waals surface area contributed by atoms with Crippen LogP contribution in [-0.2, 0) is 0 Å². The van der Waals surface area contributed by atoms with Crippen LogP contribution >= 0.6 is 11.3 Å². The third-order valence-corrected chi connectivity index (χ3v) is 3.36. The SMILES string of the molecule is Cc1cnc(N2CCN(C)CC2)s1. The summed E-state index contributed by atoms with van der Waals surface area (Å²) in [5.41, 5.74) is 0. The maximum atomic E-state index is 4.39. The van der Waals surface area contributed by atoms with Crippen molar-refractivity contribution >= 4 is 16.5 Å². The first-order valence-electron chi connectivity index (χ1n) is 4.61. The molecule has 0 spiro atoms. The van der Waals surface area contributed by atoms with E-state index in [0.717, 1.165) is 26.2 Å². The predicted octanol–water partition coefficient (Wildman–Crippen LogP) is 1.20. The van der Waals surface area contributed by atoms with Gasteiger partial charge in [0.25, 0.3) is 0 Å². The fourth-order valence-electron chi connectivity index (χ4n) is 1.49. The Hall–Kier alpha value is -0.610. The van der Waals surface area contributed by atoms with Gasteiger partial charge < -0.3 is 9.80 Å². The van der Waals surface area contributed by atoms with E-state index in [2.05, 4.69) is 28.8 Å². The summed E-state index contributed by atoms with van der Waals surface area (Å²) in [5, 5.41) is 1.19. The summed E-state index contributed by atoms with van der Waals surface area (Å²) >= 11 is 1.79. The van der Waals surface area contributed by atoms with Gasteiger partial charge >= 0.3 is 0 Å². The Bertz CT molecular complexity index is 276. The average molecular weight is 197 g/mol. The Morgan fingerprint density at radius 1 is 1.31 bits per heavy atom. The number of rotatable bonds is 1. The monoisotopic (exact) mass is 197 g/mol. The van der Waals surface area contributed by atoms with Gasteiger partial charge in [0.1, 0.15) is 0 Å². The quantitative estimate of drug-likeness (QED) is 0.674. The zero-order valence-corrected chi connectivity index (χ0v) is 8.97. The average Bonchev–Trinajstić information content (AvgIpc) is 2.53. The van der Waals surface area contributed by atoms with Gasteiger partial charge in [-0.1, -0.05) is 0 Å². The van der Waals surface area contributed by atoms with E-state index < -0.39 is 0 Å². The van der Waals surface area contributed by atoms with Crippen LogP contribution in [0.1, 0.15) is 4.88 Å². The fraction of sp³-hybridized carbons (Fsp3) is 0.667. The van der Waals surface area contributed by atoms with Crippen molar-refractivity contribution in [3.8, 4) is 0 Å². The van der Waals surface area contributed by atoms with E-state index in [1.807, 2.05) is 6.20 Å². The number of hydrogen-bond donors (Lipinski definition) is 0. The summed E-state index contributed by atoms with van der Waals surface area (Å²) < 4.78 is 0. The normalized spacial score (nSPS) is 19.4. The highest BCUT2D eigenvalue weighted by atomic mass is 32.1. The fourth-order valence-corrected chi connectivity index (χ4v) is 2.30. The Balaban J connectivity index is 2.02. The van der Waals surface area contributed by atoms with Crippen LogP contribution in [0.2, 0.25) is 0 Å². The van der Waals surface area contributed by atoms with Gasteiger partial charge in [-0.05, 0) is 14.0 Å². The number of nitrogens with zero attached hydrogens (tertiary/aromatic N) is 3. The van der Waals surface area contributed by atoms with E-state index in [9.17, 15) is 0 Å². The molecule has 2 heterocycles. The molecule has 2 rings (SSSR count). The standard InChI is InChI=1S/C9H15N3S/c1-8-7-10-9(13-8)12-5-3-11(2)4-6-12/h7H,3-6H2,1-2H3. The summed E-state index contributed by atoms with van der Waals surface area (Å²) in [6.07, 6.45) is 1.96. The summed E-state index contributed by atoms with van der Waals surface area (Å²) in [6.45, 7) is 6.64. The molecule has 0 radical (unpaired) electrons. The lowest BCUT2D eigenvalue weighted by molar-refractivity contribution is 0.313. The first-order chi connectivity index (χ1) is 6.25. The number of thiazole rings is 1. The molecule has 0 amide bonds. The number of aryl methyl sites for hydroxylation is 1. The van der Waals surface area contributed by atoms with E-state index in [1.165, 1.54) is 10.0 Å². The number of piperazine rings is 1. The van der Waals surface area contributed by atoms with Crippen molar-refractivity contribution in [1.29, 1.82) is 0 Å². The first kappa shape index (κ1) is 8.97. The molecule has 1 saturated heterocycles. The lowest BCUT2D eigenvalue weighted by Gasteiger charge is -2.32. The number of likely N-dealkylation sites (N-methyl/N-ethyl adjacent to an activating group) is 1. The van der Waals surface area contributed by atoms with E-state index in [1.54, 1.807) is 11.3 Å². The maximum absolute atomic E-state index is 4.39. The Kier molecular flexibility index (Phi) is 2.51. The molecule has 4 heteroatoms. The lowest BCUT2D eigenvalue weighted by Crippen LogP contribution is -2.44. The van der Waals surface area contributed by atoms with Crippen molar-refractivity contribution in [2.24, 2.45) is 0 Å². The summed E-state index contributed by atoms with van der Waals surface area (Å²) in [6, 6.07) is 0. The molecule has 0 aliphatic carbocycles. The molecule has 1 aliphatic heterocycles. The molecule has 72 valence electrons. The van der Waals surface area contributed by atoms with Gasteiger partial charge in [-0.2, -0.15) is 0 Å². The van der Waals surface area contributed by atoms with Gasteiger partial charge in [0.15, 0.2) is 5.13 Å². The van der Waals surface area contributed by atoms with E-state index in [-0.39, 0.29) is 0 Å². The lowest BCUT2D eigenvalue weighted by atomic mass is 10.3. The third kappa shape index (κ3) is 2.00. The minimum absolute atomic E-state index is 1.11. The van der Waals surface area contributed by atoms with Crippen LogP contribution in [-0.4, -0.2) is 43.1 Å². The first-order valence-corrected chi connectivity index (χ1v) is 5.43. The molecule has 0 bridgehead atoms. The molecule has 1 fully saturated rings. The molecule has 0 unspecified atom stereocenters. The van der Waals surface area contributed by atoms with Crippen LogP contribution in [0.3, 0.4) is 0 Å². The number of aromatic nitrogens is 1. The highest BCUT2D eigenvalue weighted by molar-refractivity contribution is 7.15. The molecule has 1 aromatic rings. The molecule has 1 aliphatic rings. The zero-order valence-electron chi connectivity index (χ0n) is 8.16. The van der Waals surface area contributed by atoms with Gasteiger partial charge in [0.05, 0.1) is 0 Å². The van der Waals surface area contributed by atoms with Crippen LogP contribution in [0.15, 0.2) is 6.20 Å². The van der Waals surface area contributed by atoms with Gasteiger partial charge in [-0.25, -0.2) is 4.98 Å². The third-order valence-electron chi connectivity index (χ3n) is 2.38. The summed E-state index contributed by atoms with van der Waals surface area (Å²) in [5.74, 6) is 0. The van der Waals surface area contributed by atoms with Gasteiger partial charge in [0, 0.05) is 37.3 Å². The van der Waals surface area contributed by atoms with E-state index in [4.69, 9.17) is 0 Å². The molecule has 0 aromatic carbocycles. The van der Waals surface area contributed by atoms with Crippen molar-refractivity contribution in [2.75, 3.05) is 38.1 Å². The second-order valence-electron chi connectivity index (χ2n) is 3.54. The minimum atomic E-state index is 1.11. The summed E-state index contributed by atoms with van der Waals surface area (Å²) in [4.78, 5) is 10.4. The Labute approximate surface area is 83.0 Å². The largest absolute Gasteiger partial charge is 0.346 e. The number of anilines is 1. The second kappa shape index (κ2) is 3.64. The van der Waals surface area contributed by atoms with Crippen LogP contribution in [0, 0.1) is 6.92 Å². The maximum Gasteiger partial charge on any atom is 0.185 e. The molecule has 3 nitrogen and oxygen atoms in total. The van der Waals surface area contributed by atoms with Gasteiger partial charge in [-0.15, -0.1) is 11.3 Å². The molecular weight excluding hydrogens is 182 g/mol. The van der Waals surface area contributed by atoms with Crippen LogP contribution in [0.5, 0.6) is 0 Å². The second-order valence-corrected chi connectivity index (χ2v) is 4.76. The Morgan fingerprint density at radius 3 is 2.54 bits per heavy atom. The molecule has 0 atom stereocenters. The highest BCUT2D eigenvalue weighted by Gasteiger charge is 2.15. The van der Waals surface area contributed by atoms with Crippen molar-refractivity contribution in [3.05, 3.63) is 11.1 Å². The van der Waals surface area contributed by atoms with Crippen molar-refractivity contribution in [2.45, 2.75) is 6.92 Å². The van der Waals surface area contributed by atoms with Crippen LogP contribution < -0.4 is 4.90 Å². The highest BCUT2D eigenvalue weighted by Crippen LogP contribution is 2.22. The number of hydrogen-bond acceptors (Lipinski definition) is 4. The molecule has 13 heavy (non-hydrogen) atoms. The van der Waals surface area contributed by atoms with Crippen molar-refractivity contribution in [1.82, 2.24) is 9.88 Å². The topological polar surface area (TPSA) is 19.4 Å². The van der Waals surface area contributed by atoms with E-state index >= 15 is 0 Å². The molecule has 1 aromatic heterocycles. The van der Waals surface area contributed by atoms with Gasteiger partial charge in [0.2, 0.25) is 0 Å². The van der Waals surface area contributed by atoms with E-state index in [0.29, 0.717) is 0 Å². The molecular formula is C9H15N3S. The predicted molar refractivity (Wildman–Crippen MR) is 56.6 cm³/mol. The smallest absolute Gasteiger partial charge is 0.185 e. The van der Waals surface area contributed by atoms with Crippen molar-refractivity contribution < 1.29 is 0 Å². The zero-order chi connectivity index (χ0) is 9.26. The minimum Gasteiger partial charge on any atom is -0.346 e. The van der Waals surface area contributed by atoms with Crippen molar-refractivity contribution in [3.63, 3.8) is 0 Å². The van der Waals surface area contributed by atoms with Crippen LogP contribution in [0.25, 0.3) is 0 Å². The summed E-state index contributed by atoms with van der Waals surface area (Å²) in [7, 11) is 2.17. The molecule has 0 saturated carbocycles. The van der Waals surface area contributed by atoms with Gasteiger partial charge in [-0.3, -0.25) is 0 Å². The van der Waals surface area contributed by atoms with Crippen LogP contribution in [0.4, 0.5) is 5.13 Å². The molecule has 0 N–H and O–H groups in total. The Morgan fingerprint density at radius 2 is 2.00 bits per heavy atom.